The molecule has 0 spiro atoms. The Morgan fingerprint density at radius 2 is 1.77 bits per heavy atom. The van der Waals surface area contributed by atoms with Gasteiger partial charge in [-0.1, -0.05) is 62.9 Å². The van der Waals surface area contributed by atoms with Crippen LogP contribution in [0.4, 0.5) is 0 Å². The van der Waals surface area contributed by atoms with Crippen LogP contribution in [0.1, 0.15) is 69.3 Å². The molecule has 2 aliphatic rings. The fourth-order valence-electron chi connectivity index (χ4n) is 8.13. The van der Waals surface area contributed by atoms with E-state index in [1.165, 1.54) is 13.8 Å². The van der Waals surface area contributed by atoms with Crippen molar-refractivity contribution in [1.29, 1.82) is 0 Å². The lowest BCUT2D eigenvalue weighted by Gasteiger charge is -2.61. The summed E-state index contributed by atoms with van der Waals surface area (Å²) in [7, 11) is 0. The van der Waals surface area contributed by atoms with E-state index in [9.17, 15) is 14.4 Å². The minimum Gasteiger partial charge on any atom is -0.452 e. The largest absolute Gasteiger partial charge is 0.452 e. The van der Waals surface area contributed by atoms with Crippen molar-refractivity contribution in [2.75, 3.05) is 26.2 Å². The first kappa shape index (κ1) is 31.5. The Hall–Kier alpha value is -3.97. The van der Waals surface area contributed by atoms with Crippen LogP contribution in [0.5, 0.6) is 5.75 Å². The van der Waals surface area contributed by atoms with Crippen LogP contribution in [0.2, 0.25) is 0 Å². The molecule has 1 N–H and O–H groups in total. The number of piperidine rings is 1. The van der Waals surface area contributed by atoms with E-state index in [0.29, 0.717) is 43.0 Å². The van der Waals surface area contributed by atoms with E-state index in [1.54, 1.807) is 6.07 Å². The number of nitrogens with zero attached hydrogens (tertiary/aromatic N) is 1. The number of hydrogen-bond donors (Lipinski definition) is 1. The van der Waals surface area contributed by atoms with Crippen molar-refractivity contribution in [3.05, 3.63) is 90.5 Å². The van der Waals surface area contributed by atoms with Crippen LogP contribution in [0, 0.1) is 5.92 Å². The van der Waals surface area contributed by atoms with E-state index in [0.717, 1.165) is 46.9 Å². The van der Waals surface area contributed by atoms with E-state index in [4.69, 9.17) is 9.47 Å². The van der Waals surface area contributed by atoms with Gasteiger partial charge in [0.05, 0.1) is 19.6 Å². The number of nitrogens with one attached hydrogen (secondary N) is 1. The molecule has 1 amide bonds. The molecule has 2 fully saturated rings. The summed E-state index contributed by atoms with van der Waals surface area (Å²) < 4.78 is 12.8. The first-order chi connectivity index (χ1) is 21.0. The Bertz CT molecular complexity index is 1570. The van der Waals surface area contributed by atoms with Crippen LogP contribution < -0.4 is 10.1 Å². The number of quaternary nitrogens is 1. The average molecular weight is 598 g/mol. The topological polar surface area (TPSA) is 81.7 Å². The molecule has 0 aromatic heterocycles. The molecule has 5 rings (SSSR count). The standard InChI is InChI=1S/C37H44N2O5/c1-6-19-39(24-26(2)3)20-18-36(32-12-9-13-34(22-32)43-27(4)40)23-33(16-17-37(36,25-39)44-28(5)41)38-35(42)31-15-14-29-10-7-8-11-30(29)21-31/h6-15,21-22,26,33H,1,16-20,23-25H2,2-5H3/p+1/t33-,36-,37?,39+/m1/s1. The monoisotopic (exact) mass is 597 g/mol. The second kappa shape index (κ2) is 12.6. The molecule has 3 aromatic rings. The van der Waals surface area contributed by atoms with Gasteiger partial charge in [-0.25, -0.2) is 0 Å². The number of rotatable bonds is 9. The van der Waals surface area contributed by atoms with Gasteiger partial charge in [0.2, 0.25) is 0 Å². The zero-order valence-corrected chi connectivity index (χ0v) is 26.4. The highest BCUT2D eigenvalue weighted by Gasteiger charge is 2.65. The van der Waals surface area contributed by atoms with Crippen molar-refractivity contribution >= 4 is 28.6 Å². The van der Waals surface area contributed by atoms with E-state index in [1.807, 2.05) is 60.7 Å². The number of carbonyl (C=O) groups is 3. The van der Waals surface area contributed by atoms with Gasteiger partial charge >= 0.3 is 11.9 Å². The number of esters is 2. The fourth-order valence-corrected chi connectivity index (χ4v) is 8.13. The summed E-state index contributed by atoms with van der Waals surface area (Å²) in [6.07, 6.45) is 4.59. The Labute approximate surface area is 260 Å². The van der Waals surface area contributed by atoms with E-state index < -0.39 is 17.0 Å². The third kappa shape index (κ3) is 6.29. The summed E-state index contributed by atoms with van der Waals surface area (Å²) in [5.74, 6) is 0.0892. The summed E-state index contributed by atoms with van der Waals surface area (Å²) in [4.78, 5) is 38.4. The first-order valence-electron chi connectivity index (χ1n) is 15.7. The molecule has 3 aromatic carbocycles. The Morgan fingerprint density at radius 3 is 2.48 bits per heavy atom. The van der Waals surface area contributed by atoms with Crippen LogP contribution in [-0.2, 0) is 19.7 Å². The lowest BCUT2D eigenvalue weighted by Crippen LogP contribution is -2.74. The van der Waals surface area contributed by atoms with E-state index >= 15 is 0 Å². The number of hydrogen-bond acceptors (Lipinski definition) is 5. The smallest absolute Gasteiger partial charge is 0.308 e. The fraction of sp³-hybridized carbons (Fsp3) is 0.432. The van der Waals surface area contributed by atoms with Gasteiger partial charge in [0.1, 0.15) is 12.3 Å². The van der Waals surface area contributed by atoms with Crippen molar-refractivity contribution in [2.24, 2.45) is 5.92 Å². The lowest BCUT2D eigenvalue weighted by atomic mass is 9.54. The van der Waals surface area contributed by atoms with Crippen LogP contribution in [0.25, 0.3) is 10.8 Å². The van der Waals surface area contributed by atoms with E-state index in [2.05, 4.69) is 31.8 Å². The maximum atomic E-state index is 13.6. The van der Waals surface area contributed by atoms with Gasteiger partial charge in [-0.3, -0.25) is 14.4 Å². The first-order valence-corrected chi connectivity index (χ1v) is 15.7. The molecule has 1 aliphatic heterocycles. The van der Waals surface area contributed by atoms with Gasteiger partial charge in [0.15, 0.2) is 5.60 Å². The third-order valence-corrected chi connectivity index (χ3v) is 9.57. The Kier molecular flexibility index (Phi) is 8.98. The van der Waals surface area contributed by atoms with Crippen molar-refractivity contribution in [1.82, 2.24) is 5.32 Å². The molecule has 1 aliphatic carbocycles. The molecular weight excluding hydrogens is 552 g/mol. The molecule has 1 saturated heterocycles. The Morgan fingerprint density at radius 1 is 1.00 bits per heavy atom. The van der Waals surface area contributed by atoms with Gasteiger partial charge in [-0.05, 0) is 65.9 Å². The zero-order chi connectivity index (χ0) is 31.5. The Balaban J connectivity index is 1.56. The van der Waals surface area contributed by atoms with Gasteiger partial charge in [0.25, 0.3) is 5.91 Å². The molecule has 0 bridgehead atoms. The predicted molar refractivity (Wildman–Crippen MR) is 172 cm³/mol. The zero-order valence-electron chi connectivity index (χ0n) is 26.4. The molecular formula is C37H45N2O5+. The molecule has 1 saturated carbocycles. The van der Waals surface area contributed by atoms with Crippen LogP contribution in [-0.4, -0.2) is 60.2 Å². The minimum absolute atomic E-state index is 0.114. The molecule has 7 nitrogen and oxygen atoms in total. The molecule has 0 radical (unpaired) electrons. The summed E-state index contributed by atoms with van der Waals surface area (Å²) in [5.41, 5.74) is 0.166. The molecule has 7 heteroatoms. The van der Waals surface area contributed by atoms with Gasteiger partial charge in [-0.2, -0.15) is 0 Å². The number of amides is 1. The second-order valence-corrected chi connectivity index (χ2v) is 13.3. The number of carbonyl (C=O) groups excluding carboxylic acids is 3. The highest BCUT2D eigenvalue weighted by molar-refractivity contribution is 5.98. The van der Waals surface area contributed by atoms with Gasteiger partial charge in [-0.15, -0.1) is 0 Å². The molecule has 4 atom stereocenters. The number of benzene rings is 3. The van der Waals surface area contributed by atoms with Crippen molar-refractivity contribution in [3.63, 3.8) is 0 Å². The second-order valence-electron chi connectivity index (χ2n) is 13.3. The van der Waals surface area contributed by atoms with Crippen LogP contribution in [0.3, 0.4) is 0 Å². The van der Waals surface area contributed by atoms with Crippen molar-refractivity contribution in [3.8, 4) is 5.75 Å². The van der Waals surface area contributed by atoms with Crippen molar-refractivity contribution < 1.29 is 28.3 Å². The molecule has 1 heterocycles. The maximum Gasteiger partial charge on any atom is 0.308 e. The molecule has 232 valence electrons. The maximum absolute atomic E-state index is 13.6. The predicted octanol–water partition coefficient (Wildman–Crippen LogP) is 6.35. The van der Waals surface area contributed by atoms with Crippen LogP contribution >= 0.6 is 0 Å². The molecule has 1 unspecified atom stereocenters. The SMILES string of the molecule is C=CC[N@@+]1(CC(C)C)CC[C@]2(c3cccc(OC(C)=O)c3)C[C@H](NC(=O)c3ccc4ccccc4c3)CCC2(OC(C)=O)C1. The number of ether oxygens (including phenoxy) is 2. The summed E-state index contributed by atoms with van der Waals surface area (Å²) in [6.45, 7) is 14.7. The number of fused-ring (bicyclic) bond motifs is 2. The average Bonchev–Trinajstić information content (AvgIpc) is 2.96. The van der Waals surface area contributed by atoms with Gasteiger partial charge < -0.3 is 19.3 Å². The lowest BCUT2D eigenvalue weighted by molar-refractivity contribution is -0.938. The summed E-state index contributed by atoms with van der Waals surface area (Å²) in [5, 5.41) is 5.44. The number of likely N-dealkylation sites (tertiary alicyclic amines) is 1. The third-order valence-electron chi connectivity index (χ3n) is 9.57. The minimum atomic E-state index is -0.812. The van der Waals surface area contributed by atoms with Crippen molar-refractivity contribution in [2.45, 2.75) is 70.4 Å². The van der Waals surface area contributed by atoms with E-state index in [-0.39, 0.29) is 17.9 Å². The molecule has 44 heavy (non-hydrogen) atoms. The highest BCUT2D eigenvalue weighted by atomic mass is 16.6. The normalized spacial score (nSPS) is 26.4. The summed E-state index contributed by atoms with van der Waals surface area (Å²) in [6, 6.07) is 21.3. The van der Waals surface area contributed by atoms with Gasteiger partial charge in [0, 0.05) is 43.2 Å². The highest BCUT2D eigenvalue weighted by Crippen LogP contribution is 2.55. The van der Waals surface area contributed by atoms with Crippen LogP contribution in [0.15, 0.2) is 79.4 Å². The summed E-state index contributed by atoms with van der Waals surface area (Å²) >= 11 is 0. The quantitative estimate of drug-likeness (QED) is 0.135.